The number of halogens is 3. The summed E-state index contributed by atoms with van der Waals surface area (Å²) in [6.45, 7) is 9.57. The average molecular weight is 365 g/mol. The molecule has 0 radical (unpaired) electrons. The zero-order valence-electron chi connectivity index (χ0n) is 14.6. The lowest BCUT2D eigenvalue weighted by molar-refractivity contribution is -0.140. The van der Waals surface area contributed by atoms with Gasteiger partial charge in [-0.25, -0.2) is 4.98 Å². The predicted octanol–water partition coefficient (Wildman–Crippen LogP) is 2.60. The topological polar surface area (TPSA) is 52.5 Å². The largest absolute Gasteiger partial charge is 0.434 e. The van der Waals surface area contributed by atoms with Gasteiger partial charge >= 0.3 is 6.18 Å². The minimum atomic E-state index is -4.37. The summed E-state index contributed by atoms with van der Waals surface area (Å²) in [7, 11) is 1.67. The van der Waals surface area contributed by atoms with Gasteiger partial charge in [-0.2, -0.15) is 13.2 Å². The summed E-state index contributed by atoms with van der Waals surface area (Å²) in [5.74, 6) is 0.640. The number of hydrogen-bond acceptors (Lipinski definition) is 4. The summed E-state index contributed by atoms with van der Waals surface area (Å²) in [4.78, 5) is 10.1. The molecule has 0 saturated carbocycles. The molecule has 1 aromatic rings. The second kappa shape index (κ2) is 9.83. The second-order valence-corrected chi connectivity index (χ2v) is 6.27. The van der Waals surface area contributed by atoms with E-state index < -0.39 is 11.9 Å². The van der Waals surface area contributed by atoms with Crippen molar-refractivity contribution in [3.63, 3.8) is 0 Å². The number of alkyl halides is 3. The number of hydrogen-bond donors (Lipinski definition) is 2. The first kappa shape index (κ1) is 20.7. The van der Waals surface area contributed by atoms with Gasteiger partial charge in [0, 0.05) is 38.0 Å². The molecule has 0 aliphatic rings. The van der Waals surface area contributed by atoms with Gasteiger partial charge in [-0.3, -0.25) is 9.89 Å². The van der Waals surface area contributed by atoms with Crippen molar-refractivity contribution in [2.75, 3.05) is 33.2 Å². The molecule has 0 aliphatic heterocycles. The molecule has 0 amide bonds. The Morgan fingerprint density at radius 3 is 2.50 bits per heavy atom. The van der Waals surface area contributed by atoms with Gasteiger partial charge in [0.15, 0.2) is 11.7 Å². The van der Waals surface area contributed by atoms with E-state index in [9.17, 15) is 13.2 Å². The number of aromatic nitrogens is 1. The van der Waals surface area contributed by atoms with Crippen LogP contribution in [0.3, 0.4) is 0 Å². The molecule has 0 aromatic carbocycles. The Morgan fingerprint density at radius 1 is 1.33 bits per heavy atom. The number of nitrogens with one attached hydrogen (secondary N) is 2. The van der Waals surface area contributed by atoms with Gasteiger partial charge in [0.25, 0.3) is 0 Å². The van der Waals surface area contributed by atoms with Crippen molar-refractivity contribution in [3.8, 4) is 0 Å². The fourth-order valence-corrected chi connectivity index (χ4v) is 3.09. The lowest BCUT2D eigenvalue weighted by atomic mass is 10.3. The van der Waals surface area contributed by atoms with Crippen LogP contribution in [0.15, 0.2) is 10.4 Å². The summed E-state index contributed by atoms with van der Waals surface area (Å²) in [6, 6.07) is 0.367. The molecule has 1 rings (SSSR count). The van der Waals surface area contributed by atoms with Crippen LogP contribution in [0.1, 0.15) is 31.5 Å². The van der Waals surface area contributed by atoms with Crippen molar-refractivity contribution in [1.29, 1.82) is 0 Å². The number of thiazole rings is 1. The van der Waals surface area contributed by atoms with E-state index in [0.717, 1.165) is 36.4 Å². The fraction of sp³-hybridized carbons (Fsp3) is 0.733. The molecule has 0 aliphatic carbocycles. The van der Waals surface area contributed by atoms with E-state index in [1.54, 1.807) is 7.05 Å². The fourth-order valence-electron chi connectivity index (χ4n) is 2.28. The van der Waals surface area contributed by atoms with Crippen LogP contribution in [0, 0.1) is 0 Å². The van der Waals surface area contributed by atoms with Crippen molar-refractivity contribution in [2.45, 2.75) is 39.4 Å². The molecular formula is C15H26F3N5S. The van der Waals surface area contributed by atoms with Gasteiger partial charge in [0.2, 0.25) is 0 Å². The van der Waals surface area contributed by atoms with Gasteiger partial charge < -0.3 is 10.6 Å². The van der Waals surface area contributed by atoms with Crippen LogP contribution in [-0.4, -0.2) is 55.1 Å². The summed E-state index contributed by atoms with van der Waals surface area (Å²) < 4.78 is 37.5. The summed E-state index contributed by atoms with van der Waals surface area (Å²) in [5, 5.41) is 7.85. The minimum absolute atomic E-state index is 0.367. The van der Waals surface area contributed by atoms with Crippen molar-refractivity contribution < 1.29 is 13.2 Å². The molecule has 0 spiro atoms. The molecule has 1 aromatic heterocycles. The Morgan fingerprint density at radius 2 is 2.00 bits per heavy atom. The molecule has 24 heavy (non-hydrogen) atoms. The van der Waals surface area contributed by atoms with Gasteiger partial charge in [-0.05, 0) is 20.0 Å². The average Bonchev–Trinajstić information content (AvgIpc) is 3.01. The molecule has 9 heteroatoms. The van der Waals surface area contributed by atoms with Gasteiger partial charge in [0.05, 0.1) is 5.01 Å². The number of aliphatic imine (C=N–C) groups is 1. The Bertz CT molecular complexity index is 511. The first-order valence-corrected chi connectivity index (χ1v) is 8.89. The Kier molecular flexibility index (Phi) is 8.47. The zero-order valence-corrected chi connectivity index (χ0v) is 15.4. The van der Waals surface area contributed by atoms with E-state index in [4.69, 9.17) is 0 Å². The number of likely N-dealkylation sites (N-methyl/N-ethyl adjacent to an activating group) is 1. The molecule has 2 N–H and O–H groups in total. The van der Waals surface area contributed by atoms with Crippen molar-refractivity contribution in [2.24, 2.45) is 4.99 Å². The predicted molar refractivity (Wildman–Crippen MR) is 92.6 cm³/mol. The van der Waals surface area contributed by atoms with E-state index in [0.29, 0.717) is 30.0 Å². The van der Waals surface area contributed by atoms with Gasteiger partial charge in [-0.1, -0.05) is 13.8 Å². The molecule has 1 atom stereocenters. The van der Waals surface area contributed by atoms with Crippen LogP contribution in [-0.2, 0) is 12.6 Å². The highest BCUT2D eigenvalue weighted by atomic mass is 32.1. The summed E-state index contributed by atoms with van der Waals surface area (Å²) >= 11 is 1.03. The van der Waals surface area contributed by atoms with Crippen LogP contribution in [0.2, 0.25) is 0 Å². The quantitative estimate of drug-likeness (QED) is 0.549. The molecular weight excluding hydrogens is 339 g/mol. The van der Waals surface area contributed by atoms with Crippen LogP contribution in [0.25, 0.3) is 0 Å². The summed E-state index contributed by atoms with van der Waals surface area (Å²) in [6.07, 6.45) is -3.95. The molecule has 1 heterocycles. The minimum Gasteiger partial charge on any atom is -0.356 e. The van der Waals surface area contributed by atoms with Crippen LogP contribution >= 0.6 is 11.3 Å². The normalized spacial score (nSPS) is 14.1. The zero-order chi connectivity index (χ0) is 18.2. The second-order valence-electron chi connectivity index (χ2n) is 5.32. The number of rotatable bonds is 8. The molecule has 0 fully saturated rings. The molecule has 0 saturated heterocycles. The first-order valence-electron chi connectivity index (χ1n) is 8.01. The lowest BCUT2D eigenvalue weighted by Crippen LogP contribution is -2.46. The monoisotopic (exact) mass is 365 g/mol. The van der Waals surface area contributed by atoms with Gasteiger partial charge in [0.1, 0.15) is 0 Å². The third kappa shape index (κ3) is 6.64. The van der Waals surface area contributed by atoms with E-state index in [1.165, 1.54) is 0 Å². The first-order chi connectivity index (χ1) is 11.3. The smallest absolute Gasteiger partial charge is 0.356 e. The van der Waals surface area contributed by atoms with E-state index in [-0.39, 0.29) is 0 Å². The van der Waals surface area contributed by atoms with Crippen LogP contribution in [0.4, 0.5) is 13.2 Å². The molecule has 0 bridgehead atoms. The summed E-state index contributed by atoms with van der Waals surface area (Å²) in [5.41, 5.74) is -0.821. The molecule has 1 unspecified atom stereocenters. The number of nitrogens with zero attached hydrogens (tertiary/aromatic N) is 3. The Hall–Kier alpha value is -1.35. The van der Waals surface area contributed by atoms with Crippen molar-refractivity contribution >= 4 is 17.3 Å². The Labute approximate surface area is 145 Å². The van der Waals surface area contributed by atoms with E-state index >= 15 is 0 Å². The molecule has 138 valence electrons. The van der Waals surface area contributed by atoms with Crippen LogP contribution < -0.4 is 10.6 Å². The standard InChI is InChI=1S/C15H26F3N5S/c1-5-23(6-2)11(3)9-21-14(19-4)20-8-7-13-22-12(10-24-13)15(16,17)18/h10-11H,5-9H2,1-4H3,(H2,19,20,21). The van der Waals surface area contributed by atoms with E-state index in [1.807, 2.05) is 0 Å². The maximum atomic E-state index is 12.5. The van der Waals surface area contributed by atoms with E-state index in [2.05, 4.69) is 46.3 Å². The number of guanidine groups is 1. The SMILES string of the molecule is CCN(CC)C(C)CNC(=NC)NCCc1nc(C(F)(F)F)cs1. The maximum Gasteiger partial charge on any atom is 0.434 e. The molecule has 5 nitrogen and oxygen atoms in total. The van der Waals surface area contributed by atoms with Crippen LogP contribution in [0.5, 0.6) is 0 Å². The Balaban J connectivity index is 2.38. The maximum absolute atomic E-state index is 12.5. The highest BCUT2D eigenvalue weighted by Crippen LogP contribution is 2.29. The lowest BCUT2D eigenvalue weighted by Gasteiger charge is -2.27. The highest BCUT2D eigenvalue weighted by molar-refractivity contribution is 7.09. The van der Waals surface area contributed by atoms with Gasteiger partial charge in [-0.15, -0.1) is 11.3 Å². The van der Waals surface area contributed by atoms with Crippen molar-refractivity contribution in [1.82, 2.24) is 20.5 Å². The third-order valence-corrected chi connectivity index (χ3v) is 4.61. The highest BCUT2D eigenvalue weighted by Gasteiger charge is 2.33. The third-order valence-electron chi connectivity index (χ3n) is 3.70. The van der Waals surface area contributed by atoms with Crippen molar-refractivity contribution in [3.05, 3.63) is 16.1 Å².